The number of anilines is 2. The van der Waals surface area contributed by atoms with Gasteiger partial charge < -0.3 is 9.29 Å². The van der Waals surface area contributed by atoms with Crippen LogP contribution in [-0.2, 0) is 0 Å². The van der Waals surface area contributed by atoms with Gasteiger partial charge in [-0.05, 0) is 40.9 Å². The number of imidazole rings is 1. The highest BCUT2D eigenvalue weighted by Gasteiger charge is 2.40. The van der Waals surface area contributed by atoms with E-state index in [0.29, 0.717) is 17.7 Å². The van der Waals surface area contributed by atoms with Gasteiger partial charge in [0.1, 0.15) is 5.82 Å². The Morgan fingerprint density at radius 3 is 2.07 bits per heavy atom. The fourth-order valence-corrected chi connectivity index (χ4v) is 4.54. The Morgan fingerprint density at radius 1 is 0.821 bits per heavy atom. The van der Waals surface area contributed by atoms with Crippen molar-refractivity contribution in [3.63, 3.8) is 0 Å². The van der Waals surface area contributed by atoms with Crippen molar-refractivity contribution < 1.29 is 0 Å². The Labute approximate surface area is 169 Å². The Bertz CT molecular complexity index is 961. The Balaban J connectivity index is 2.07. The van der Waals surface area contributed by atoms with Crippen LogP contribution in [0.25, 0.3) is 11.4 Å². The zero-order chi connectivity index (χ0) is 20.0. The van der Waals surface area contributed by atoms with Crippen LogP contribution in [0, 0.1) is 0 Å². The molecule has 0 atom stereocenters. The van der Waals surface area contributed by atoms with Crippen LogP contribution in [0.2, 0.25) is 5.82 Å². The molecule has 1 aliphatic heterocycles. The van der Waals surface area contributed by atoms with E-state index in [4.69, 9.17) is 4.98 Å². The number of para-hydroxylation sites is 2. The van der Waals surface area contributed by atoms with E-state index in [2.05, 4.69) is 99.5 Å². The molecule has 0 radical (unpaired) electrons. The SMILES string of the molecule is CC(C)B1N(c2c(C(C)C)cccc2C(C)C)c2ccccc2-c2nccn21. The van der Waals surface area contributed by atoms with Crippen LogP contribution in [0.4, 0.5) is 11.4 Å². The average molecular weight is 371 g/mol. The lowest BCUT2D eigenvalue weighted by atomic mass is 9.59. The van der Waals surface area contributed by atoms with E-state index >= 15 is 0 Å². The van der Waals surface area contributed by atoms with E-state index in [0.717, 1.165) is 5.82 Å². The van der Waals surface area contributed by atoms with Crippen LogP contribution >= 0.6 is 0 Å². The van der Waals surface area contributed by atoms with Crippen LogP contribution in [0.1, 0.15) is 64.5 Å². The van der Waals surface area contributed by atoms with Gasteiger partial charge in [-0.25, -0.2) is 4.98 Å². The summed E-state index contributed by atoms with van der Waals surface area (Å²) in [6.45, 7) is 14.0. The zero-order valence-corrected chi connectivity index (χ0v) is 17.8. The van der Waals surface area contributed by atoms with Crippen molar-refractivity contribution >= 4 is 18.4 Å². The molecule has 1 aromatic heterocycles. The largest absolute Gasteiger partial charge is 0.388 e. The van der Waals surface area contributed by atoms with Gasteiger partial charge in [-0.15, -0.1) is 0 Å². The molecule has 2 heterocycles. The highest BCUT2D eigenvalue weighted by Crippen LogP contribution is 2.46. The smallest absolute Gasteiger partial charge is 0.364 e. The summed E-state index contributed by atoms with van der Waals surface area (Å²) in [6.07, 6.45) is 4.07. The van der Waals surface area contributed by atoms with Crippen LogP contribution in [0.15, 0.2) is 54.9 Å². The molecular weight excluding hydrogens is 341 g/mol. The maximum Gasteiger partial charge on any atom is 0.388 e. The summed E-state index contributed by atoms with van der Waals surface area (Å²) < 4.78 is 2.36. The first-order valence-electron chi connectivity index (χ1n) is 10.5. The van der Waals surface area contributed by atoms with E-state index < -0.39 is 0 Å². The lowest BCUT2D eigenvalue weighted by Gasteiger charge is -2.42. The maximum absolute atomic E-state index is 4.71. The molecule has 1 aliphatic rings. The number of hydrogen-bond acceptors (Lipinski definition) is 2. The molecule has 0 amide bonds. The third-order valence-electron chi connectivity index (χ3n) is 5.80. The first-order chi connectivity index (χ1) is 13.4. The second kappa shape index (κ2) is 7.16. The molecular formula is C24H30BN3. The highest BCUT2D eigenvalue weighted by atomic mass is 15.2. The summed E-state index contributed by atoms with van der Waals surface area (Å²) in [7, 11) is 0. The van der Waals surface area contributed by atoms with Crippen molar-refractivity contribution in [1.82, 2.24) is 9.46 Å². The van der Waals surface area contributed by atoms with Gasteiger partial charge in [-0.1, -0.05) is 71.9 Å². The number of nitrogens with zero attached hydrogens (tertiary/aromatic N) is 3. The van der Waals surface area contributed by atoms with Crippen LogP contribution in [-0.4, -0.2) is 16.4 Å². The molecule has 0 fully saturated rings. The van der Waals surface area contributed by atoms with E-state index in [1.807, 2.05) is 6.20 Å². The molecule has 4 rings (SSSR count). The number of benzene rings is 2. The Morgan fingerprint density at radius 2 is 1.46 bits per heavy atom. The van der Waals surface area contributed by atoms with Crippen molar-refractivity contribution in [1.29, 1.82) is 0 Å². The van der Waals surface area contributed by atoms with E-state index in [-0.39, 0.29) is 6.98 Å². The summed E-state index contributed by atoms with van der Waals surface area (Å²) in [4.78, 5) is 7.29. The summed E-state index contributed by atoms with van der Waals surface area (Å²) in [5.74, 6) is 2.41. The zero-order valence-electron chi connectivity index (χ0n) is 17.8. The third kappa shape index (κ3) is 2.86. The molecule has 0 spiro atoms. The molecule has 0 N–H and O–H groups in total. The summed E-state index contributed by atoms with van der Waals surface area (Å²) in [6, 6.07) is 15.5. The second-order valence-corrected chi connectivity index (χ2v) is 8.80. The minimum absolute atomic E-state index is 0.199. The lowest BCUT2D eigenvalue weighted by molar-refractivity contribution is 0.828. The minimum Gasteiger partial charge on any atom is -0.364 e. The molecule has 3 nitrogen and oxygen atoms in total. The number of rotatable bonds is 4. The van der Waals surface area contributed by atoms with Crippen molar-refractivity contribution in [2.45, 2.75) is 59.2 Å². The predicted molar refractivity (Wildman–Crippen MR) is 121 cm³/mol. The number of hydrogen-bond donors (Lipinski definition) is 0. The van der Waals surface area contributed by atoms with Gasteiger partial charge in [0.15, 0.2) is 0 Å². The molecule has 0 saturated heterocycles. The molecule has 4 heteroatoms. The first-order valence-corrected chi connectivity index (χ1v) is 10.5. The topological polar surface area (TPSA) is 21.1 Å². The van der Waals surface area contributed by atoms with E-state index in [9.17, 15) is 0 Å². The van der Waals surface area contributed by atoms with Gasteiger partial charge in [0.25, 0.3) is 0 Å². The molecule has 0 aliphatic carbocycles. The van der Waals surface area contributed by atoms with Gasteiger partial charge in [0, 0.05) is 29.3 Å². The standard InChI is InChI=1S/C24H30BN3/c1-16(2)19-11-9-12-20(17(3)4)23(19)28-22-13-8-7-10-21(22)24-26-14-15-27(24)25(28)18(5)6/h7-18H,1-6H3. The third-order valence-corrected chi connectivity index (χ3v) is 5.80. The average Bonchev–Trinajstić information content (AvgIpc) is 3.15. The molecule has 2 aromatic carbocycles. The molecule has 0 saturated carbocycles. The lowest BCUT2D eigenvalue weighted by Crippen LogP contribution is -2.48. The van der Waals surface area contributed by atoms with Gasteiger partial charge in [-0.3, -0.25) is 0 Å². The van der Waals surface area contributed by atoms with E-state index in [1.54, 1.807) is 0 Å². The number of aromatic nitrogens is 2. The Hall–Kier alpha value is -2.49. The van der Waals surface area contributed by atoms with Crippen molar-refractivity contribution in [2.75, 3.05) is 4.81 Å². The van der Waals surface area contributed by atoms with Crippen LogP contribution in [0.3, 0.4) is 0 Å². The van der Waals surface area contributed by atoms with Crippen molar-refractivity contribution in [3.05, 3.63) is 66.0 Å². The fraction of sp³-hybridized carbons (Fsp3) is 0.375. The van der Waals surface area contributed by atoms with Gasteiger partial charge in [0.05, 0.1) is 0 Å². The monoisotopic (exact) mass is 371 g/mol. The number of fused-ring (bicyclic) bond motifs is 3. The highest BCUT2D eigenvalue weighted by molar-refractivity contribution is 6.66. The molecule has 0 unspecified atom stereocenters. The van der Waals surface area contributed by atoms with Gasteiger partial charge >= 0.3 is 6.98 Å². The van der Waals surface area contributed by atoms with Crippen molar-refractivity contribution in [2.24, 2.45) is 0 Å². The molecule has 144 valence electrons. The van der Waals surface area contributed by atoms with Gasteiger partial charge in [0.2, 0.25) is 0 Å². The second-order valence-electron chi connectivity index (χ2n) is 8.80. The maximum atomic E-state index is 4.71. The molecule has 28 heavy (non-hydrogen) atoms. The summed E-state index contributed by atoms with van der Waals surface area (Å²) >= 11 is 0. The van der Waals surface area contributed by atoms with E-state index in [1.165, 1.54) is 28.1 Å². The predicted octanol–water partition coefficient (Wildman–Crippen LogP) is 6.69. The minimum atomic E-state index is 0.199. The Kier molecular flexibility index (Phi) is 4.82. The van der Waals surface area contributed by atoms with Gasteiger partial charge in [-0.2, -0.15) is 0 Å². The summed E-state index contributed by atoms with van der Waals surface area (Å²) in [5.41, 5.74) is 6.66. The van der Waals surface area contributed by atoms with Crippen molar-refractivity contribution in [3.8, 4) is 11.4 Å². The van der Waals surface area contributed by atoms with Crippen LogP contribution < -0.4 is 4.81 Å². The molecule has 0 bridgehead atoms. The first kappa shape index (κ1) is 18.9. The quantitative estimate of drug-likeness (QED) is 0.476. The normalized spacial score (nSPS) is 13.5. The summed E-state index contributed by atoms with van der Waals surface area (Å²) in [5, 5.41) is 0. The van der Waals surface area contributed by atoms with Crippen LogP contribution in [0.5, 0.6) is 0 Å². The molecule has 3 aromatic rings. The fourth-order valence-electron chi connectivity index (χ4n) is 4.54.